The number of rotatable bonds is 3. The van der Waals surface area contributed by atoms with Crippen LogP contribution in [-0.2, 0) is 4.79 Å². The van der Waals surface area contributed by atoms with E-state index in [-0.39, 0.29) is 17.7 Å². The minimum atomic E-state index is 0.0915. The molecule has 0 radical (unpaired) electrons. The Morgan fingerprint density at radius 3 is 2.48 bits per heavy atom. The first-order valence-corrected chi connectivity index (χ1v) is 9.11. The molecule has 2 aromatic carbocycles. The molecule has 4 nitrogen and oxygen atoms in total. The number of carbonyl (C=O) groups excluding carboxylic acids is 1. The predicted octanol–water partition coefficient (Wildman–Crippen LogP) is 3.46. The smallest absolute Gasteiger partial charge is 0.138 e. The highest BCUT2D eigenvalue weighted by Gasteiger charge is 2.39. The van der Waals surface area contributed by atoms with Crippen molar-refractivity contribution in [3.8, 4) is 5.75 Å². The Morgan fingerprint density at radius 1 is 0.960 bits per heavy atom. The summed E-state index contributed by atoms with van der Waals surface area (Å²) in [5.41, 5.74) is 2.23. The Bertz CT molecular complexity index is 747. The van der Waals surface area contributed by atoms with E-state index in [9.17, 15) is 9.90 Å². The van der Waals surface area contributed by atoms with E-state index in [0.29, 0.717) is 12.2 Å². The van der Waals surface area contributed by atoms with Gasteiger partial charge in [0.1, 0.15) is 11.5 Å². The molecule has 1 saturated carbocycles. The lowest BCUT2D eigenvalue weighted by molar-refractivity contribution is -0.121. The zero-order valence-electron chi connectivity index (χ0n) is 14.3. The van der Waals surface area contributed by atoms with Crippen LogP contribution in [0.2, 0.25) is 0 Å². The Kier molecular flexibility index (Phi) is 4.35. The Labute approximate surface area is 148 Å². The minimum absolute atomic E-state index is 0.0915. The highest BCUT2D eigenvalue weighted by molar-refractivity contribution is 5.84. The largest absolute Gasteiger partial charge is 0.508 e. The van der Waals surface area contributed by atoms with Gasteiger partial charge >= 0.3 is 0 Å². The van der Waals surface area contributed by atoms with Gasteiger partial charge in [-0.3, -0.25) is 4.79 Å². The molecule has 0 spiro atoms. The Hall–Kier alpha value is -2.49. The van der Waals surface area contributed by atoms with Crippen LogP contribution in [0.3, 0.4) is 0 Å². The number of nitrogens with zero attached hydrogens (tertiary/aromatic N) is 2. The number of phenolic OH excluding ortho intramolecular Hbond substituents is 1. The van der Waals surface area contributed by atoms with Crippen LogP contribution in [0.25, 0.3) is 0 Å². The van der Waals surface area contributed by atoms with Gasteiger partial charge in [0, 0.05) is 49.4 Å². The number of ketones is 1. The van der Waals surface area contributed by atoms with Gasteiger partial charge < -0.3 is 14.9 Å². The van der Waals surface area contributed by atoms with Crippen LogP contribution in [0.4, 0.5) is 11.4 Å². The highest BCUT2D eigenvalue weighted by atomic mass is 16.3. The maximum atomic E-state index is 12.5. The van der Waals surface area contributed by atoms with Crippen LogP contribution in [-0.4, -0.2) is 36.6 Å². The molecule has 2 aliphatic rings. The van der Waals surface area contributed by atoms with Crippen molar-refractivity contribution in [1.82, 2.24) is 0 Å². The van der Waals surface area contributed by atoms with Gasteiger partial charge in [0.15, 0.2) is 0 Å². The number of carbonyl (C=O) groups is 1. The van der Waals surface area contributed by atoms with Crippen LogP contribution in [0, 0.1) is 5.92 Å². The zero-order valence-corrected chi connectivity index (χ0v) is 14.3. The summed E-state index contributed by atoms with van der Waals surface area (Å²) in [5.74, 6) is 0.762. The quantitative estimate of drug-likeness (QED) is 0.932. The first-order valence-electron chi connectivity index (χ1n) is 9.11. The fraction of sp³-hybridized carbons (Fsp3) is 0.381. The molecule has 130 valence electrons. The second-order valence-electron chi connectivity index (χ2n) is 7.03. The van der Waals surface area contributed by atoms with Crippen molar-refractivity contribution in [2.24, 2.45) is 5.92 Å². The number of hydrogen-bond acceptors (Lipinski definition) is 4. The summed E-state index contributed by atoms with van der Waals surface area (Å²) in [7, 11) is 0. The third-order valence-corrected chi connectivity index (χ3v) is 5.52. The molecule has 1 saturated heterocycles. The zero-order chi connectivity index (χ0) is 17.2. The topological polar surface area (TPSA) is 43.8 Å². The van der Waals surface area contributed by atoms with E-state index in [4.69, 9.17) is 0 Å². The number of phenols is 1. The Balaban J connectivity index is 1.64. The number of aromatic hydroxyl groups is 1. The molecule has 2 atom stereocenters. The summed E-state index contributed by atoms with van der Waals surface area (Å²) in [6, 6.07) is 18.0. The van der Waals surface area contributed by atoms with Crippen LogP contribution in [0.15, 0.2) is 54.6 Å². The van der Waals surface area contributed by atoms with E-state index in [1.165, 1.54) is 5.69 Å². The summed E-state index contributed by atoms with van der Waals surface area (Å²) >= 11 is 0. The van der Waals surface area contributed by atoms with E-state index in [1.54, 1.807) is 6.07 Å². The molecular formula is C21H24N2O2. The summed E-state index contributed by atoms with van der Waals surface area (Å²) in [6.45, 7) is 2.61. The van der Waals surface area contributed by atoms with Crippen LogP contribution in [0.5, 0.6) is 5.75 Å². The number of anilines is 2. The van der Waals surface area contributed by atoms with Crippen LogP contribution < -0.4 is 9.80 Å². The lowest BCUT2D eigenvalue weighted by Crippen LogP contribution is -2.57. The number of benzene rings is 2. The van der Waals surface area contributed by atoms with E-state index < -0.39 is 0 Å². The molecular weight excluding hydrogens is 312 g/mol. The average Bonchev–Trinajstić information content (AvgIpc) is 3.08. The second kappa shape index (κ2) is 6.79. The third kappa shape index (κ3) is 3.21. The molecule has 0 aromatic heterocycles. The van der Waals surface area contributed by atoms with Crippen molar-refractivity contribution in [3.63, 3.8) is 0 Å². The number of hydrogen-bond donors (Lipinski definition) is 1. The van der Waals surface area contributed by atoms with Crippen molar-refractivity contribution in [2.45, 2.75) is 25.3 Å². The molecule has 1 heterocycles. The molecule has 0 amide bonds. The lowest BCUT2D eigenvalue weighted by atomic mass is 9.92. The van der Waals surface area contributed by atoms with E-state index in [1.807, 2.05) is 24.3 Å². The summed E-state index contributed by atoms with van der Waals surface area (Å²) in [4.78, 5) is 17.2. The van der Waals surface area contributed by atoms with Gasteiger partial charge in [0.2, 0.25) is 0 Å². The molecule has 1 N–H and O–H groups in total. The molecule has 2 fully saturated rings. The van der Waals surface area contributed by atoms with Crippen molar-refractivity contribution in [2.75, 3.05) is 29.4 Å². The van der Waals surface area contributed by atoms with Gasteiger partial charge in [-0.2, -0.15) is 0 Å². The molecule has 4 rings (SSSR count). The van der Waals surface area contributed by atoms with Gasteiger partial charge in [-0.1, -0.05) is 24.3 Å². The first-order chi connectivity index (χ1) is 12.2. The lowest BCUT2D eigenvalue weighted by Gasteiger charge is -2.46. The van der Waals surface area contributed by atoms with Gasteiger partial charge in [-0.15, -0.1) is 0 Å². The molecule has 25 heavy (non-hydrogen) atoms. The molecule has 1 aliphatic carbocycles. The normalized spacial score (nSPS) is 23.9. The van der Waals surface area contributed by atoms with Gasteiger partial charge in [-0.05, 0) is 37.1 Å². The monoisotopic (exact) mass is 336 g/mol. The summed E-state index contributed by atoms with van der Waals surface area (Å²) in [6.07, 6.45) is 2.68. The molecule has 2 aromatic rings. The fourth-order valence-corrected chi connectivity index (χ4v) is 4.27. The third-order valence-electron chi connectivity index (χ3n) is 5.52. The second-order valence-corrected chi connectivity index (χ2v) is 7.03. The minimum Gasteiger partial charge on any atom is -0.508 e. The SMILES string of the molecule is O=C1CCCC1C1CN(c2ccccc2)CCN1c1cccc(O)c1. The number of para-hydroxylation sites is 1. The van der Waals surface area contributed by atoms with Crippen LogP contribution >= 0.6 is 0 Å². The van der Waals surface area contributed by atoms with E-state index >= 15 is 0 Å². The van der Waals surface area contributed by atoms with E-state index in [0.717, 1.165) is 38.2 Å². The Morgan fingerprint density at radius 2 is 1.76 bits per heavy atom. The van der Waals surface area contributed by atoms with Crippen molar-refractivity contribution < 1.29 is 9.90 Å². The van der Waals surface area contributed by atoms with Crippen molar-refractivity contribution in [3.05, 3.63) is 54.6 Å². The first kappa shape index (κ1) is 16.0. The molecule has 2 unspecified atom stereocenters. The van der Waals surface area contributed by atoms with Crippen LogP contribution in [0.1, 0.15) is 19.3 Å². The van der Waals surface area contributed by atoms with Gasteiger partial charge in [0.05, 0.1) is 6.04 Å². The van der Waals surface area contributed by atoms with Crippen molar-refractivity contribution in [1.29, 1.82) is 0 Å². The van der Waals surface area contributed by atoms with E-state index in [2.05, 4.69) is 34.1 Å². The molecule has 4 heteroatoms. The number of piperazine rings is 1. The fourth-order valence-electron chi connectivity index (χ4n) is 4.27. The summed E-state index contributed by atoms with van der Waals surface area (Å²) in [5, 5.41) is 9.87. The maximum Gasteiger partial charge on any atom is 0.138 e. The van der Waals surface area contributed by atoms with Gasteiger partial charge in [0.25, 0.3) is 0 Å². The highest BCUT2D eigenvalue weighted by Crippen LogP contribution is 2.34. The summed E-state index contributed by atoms with van der Waals surface area (Å²) < 4.78 is 0. The molecule has 1 aliphatic heterocycles. The maximum absolute atomic E-state index is 12.5. The molecule has 0 bridgehead atoms. The van der Waals surface area contributed by atoms with Gasteiger partial charge in [-0.25, -0.2) is 0 Å². The average molecular weight is 336 g/mol. The standard InChI is InChI=1S/C21H24N2O2/c24-18-9-4-8-17(14-18)23-13-12-22(16-6-2-1-3-7-16)15-20(23)19-10-5-11-21(19)25/h1-4,6-9,14,19-20,24H,5,10-13,15H2. The predicted molar refractivity (Wildman–Crippen MR) is 100 cm³/mol. The van der Waals surface area contributed by atoms with Crippen molar-refractivity contribution >= 4 is 17.2 Å². The number of Topliss-reactive ketones (excluding diaryl/α,β-unsaturated/α-hetero) is 1.